The van der Waals surface area contributed by atoms with Gasteiger partial charge >= 0.3 is 0 Å². The maximum absolute atomic E-state index is 13.2. The first kappa shape index (κ1) is 14.5. The van der Waals surface area contributed by atoms with Gasteiger partial charge in [-0.3, -0.25) is 4.79 Å². The Morgan fingerprint density at radius 1 is 1.10 bits per heavy atom. The van der Waals surface area contributed by atoms with Crippen molar-refractivity contribution < 1.29 is 9.18 Å². The third-order valence-corrected chi connectivity index (χ3v) is 5.23. The van der Waals surface area contributed by atoms with Crippen molar-refractivity contribution in [3.05, 3.63) is 35.6 Å². The van der Waals surface area contributed by atoms with Crippen LogP contribution >= 0.6 is 0 Å². The van der Waals surface area contributed by atoms with Crippen molar-refractivity contribution >= 4 is 5.91 Å². The van der Waals surface area contributed by atoms with Gasteiger partial charge in [0, 0.05) is 18.7 Å². The van der Waals surface area contributed by atoms with Crippen molar-refractivity contribution in [1.29, 1.82) is 0 Å². The van der Waals surface area contributed by atoms with E-state index in [4.69, 9.17) is 0 Å². The van der Waals surface area contributed by atoms with Crippen LogP contribution in [0.15, 0.2) is 24.3 Å². The highest BCUT2D eigenvalue weighted by Gasteiger charge is 2.37. The molecule has 114 valence electrons. The van der Waals surface area contributed by atoms with Gasteiger partial charge in [-0.2, -0.15) is 0 Å². The molecule has 0 atom stereocenters. The third kappa shape index (κ3) is 3.10. The summed E-state index contributed by atoms with van der Waals surface area (Å²) in [6.45, 7) is 3.94. The first-order valence-electron chi connectivity index (χ1n) is 7.81. The topological polar surface area (TPSA) is 23.6 Å². The van der Waals surface area contributed by atoms with Gasteiger partial charge in [0.15, 0.2) is 0 Å². The summed E-state index contributed by atoms with van der Waals surface area (Å²) < 4.78 is 13.2. The number of carbonyl (C=O) groups excluding carboxylic acids is 1. The highest BCUT2D eigenvalue weighted by atomic mass is 19.1. The Morgan fingerprint density at radius 2 is 1.71 bits per heavy atom. The van der Waals surface area contributed by atoms with Crippen LogP contribution in [0.1, 0.15) is 36.0 Å². The largest absolute Gasteiger partial charge is 0.339 e. The average molecular weight is 290 g/mol. The first-order chi connectivity index (χ1) is 10.1. The minimum Gasteiger partial charge on any atom is -0.339 e. The molecule has 0 aromatic heterocycles. The molecular formula is C17H23FN2O. The first-order valence-corrected chi connectivity index (χ1v) is 7.81. The molecule has 0 radical (unpaired) electrons. The Kier molecular flexibility index (Phi) is 3.98. The minimum absolute atomic E-state index is 0.0303. The summed E-state index contributed by atoms with van der Waals surface area (Å²) in [5.74, 6) is -0.373. The lowest BCUT2D eigenvalue weighted by atomic mass is 9.71. The molecule has 21 heavy (non-hydrogen) atoms. The zero-order chi connectivity index (χ0) is 14.9. The molecule has 1 aromatic rings. The Balaban J connectivity index is 1.62. The van der Waals surface area contributed by atoms with Crippen LogP contribution in [0.25, 0.3) is 0 Å². The third-order valence-electron chi connectivity index (χ3n) is 5.23. The van der Waals surface area contributed by atoms with Crippen molar-refractivity contribution in [2.45, 2.75) is 25.7 Å². The van der Waals surface area contributed by atoms with E-state index in [1.807, 2.05) is 4.90 Å². The lowest BCUT2D eigenvalue weighted by Crippen LogP contribution is -2.47. The quantitative estimate of drug-likeness (QED) is 0.794. The van der Waals surface area contributed by atoms with Crippen molar-refractivity contribution in [2.75, 3.05) is 33.2 Å². The lowest BCUT2D eigenvalue weighted by Gasteiger charge is -2.46. The number of amides is 1. The van der Waals surface area contributed by atoms with Gasteiger partial charge in [-0.25, -0.2) is 4.39 Å². The number of likely N-dealkylation sites (tertiary alicyclic amines) is 2. The van der Waals surface area contributed by atoms with Gasteiger partial charge < -0.3 is 9.80 Å². The van der Waals surface area contributed by atoms with Gasteiger partial charge in [-0.05, 0) is 69.4 Å². The van der Waals surface area contributed by atoms with Crippen LogP contribution in [0.3, 0.4) is 0 Å². The zero-order valence-corrected chi connectivity index (χ0v) is 12.6. The number of carbonyl (C=O) groups is 1. The van der Waals surface area contributed by atoms with Crippen LogP contribution in [0.4, 0.5) is 4.39 Å². The molecule has 3 rings (SSSR count). The highest BCUT2D eigenvalue weighted by molar-refractivity contribution is 5.94. The molecule has 0 saturated carbocycles. The molecule has 0 aliphatic carbocycles. The molecule has 2 fully saturated rings. The van der Waals surface area contributed by atoms with E-state index in [9.17, 15) is 9.18 Å². The normalized spacial score (nSPS) is 22.5. The molecule has 2 saturated heterocycles. The molecular weight excluding hydrogens is 267 g/mol. The summed E-state index contributed by atoms with van der Waals surface area (Å²) in [4.78, 5) is 16.7. The number of hydrogen-bond acceptors (Lipinski definition) is 2. The van der Waals surface area contributed by atoms with E-state index in [-0.39, 0.29) is 11.7 Å². The second-order valence-corrected chi connectivity index (χ2v) is 6.61. The van der Waals surface area contributed by atoms with Gasteiger partial charge in [0.2, 0.25) is 0 Å². The predicted molar refractivity (Wildman–Crippen MR) is 80.7 cm³/mol. The predicted octanol–water partition coefficient (Wildman–Crippen LogP) is 2.77. The maximum atomic E-state index is 13.2. The van der Waals surface area contributed by atoms with E-state index >= 15 is 0 Å². The van der Waals surface area contributed by atoms with Crippen molar-refractivity contribution in [1.82, 2.24) is 9.80 Å². The Hall–Kier alpha value is -1.42. The lowest BCUT2D eigenvalue weighted by molar-refractivity contribution is 0.0352. The van der Waals surface area contributed by atoms with Crippen molar-refractivity contribution in [3.8, 4) is 0 Å². The second-order valence-electron chi connectivity index (χ2n) is 6.61. The molecule has 0 unspecified atom stereocenters. The van der Waals surface area contributed by atoms with Gasteiger partial charge in [-0.1, -0.05) is 6.07 Å². The molecule has 2 heterocycles. The van der Waals surface area contributed by atoms with Gasteiger partial charge in [0.25, 0.3) is 5.91 Å². The summed E-state index contributed by atoms with van der Waals surface area (Å²) in [7, 11) is 2.18. The Morgan fingerprint density at radius 3 is 2.33 bits per heavy atom. The van der Waals surface area contributed by atoms with E-state index < -0.39 is 0 Å². The average Bonchev–Trinajstić information content (AvgIpc) is 2.51. The Labute approximate surface area is 125 Å². The van der Waals surface area contributed by atoms with E-state index in [1.54, 1.807) is 12.1 Å². The highest BCUT2D eigenvalue weighted by Crippen LogP contribution is 2.41. The van der Waals surface area contributed by atoms with Crippen LogP contribution < -0.4 is 0 Å². The summed E-state index contributed by atoms with van der Waals surface area (Å²) in [6, 6.07) is 6.01. The molecule has 1 aromatic carbocycles. The van der Waals surface area contributed by atoms with Crippen molar-refractivity contribution in [3.63, 3.8) is 0 Å². The van der Waals surface area contributed by atoms with Gasteiger partial charge in [-0.15, -0.1) is 0 Å². The monoisotopic (exact) mass is 290 g/mol. The van der Waals surface area contributed by atoms with E-state index in [2.05, 4.69) is 11.9 Å². The summed E-state index contributed by atoms with van der Waals surface area (Å²) in [5.41, 5.74) is 0.903. The van der Waals surface area contributed by atoms with Crippen molar-refractivity contribution in [2.24, 2.45) is 5.41 Å². The van der Waals surface area contributed by atoms with Crippen LogP contribution in [0, 0.1) is 11.2 Å². The van der Waals surface area contributed by atoms with Crippen LogP contribution in [0.5, 0.6) is 0 Å². The van der Waals surface area contributed by atoms with Gasteiger partial charge in [0.1, 0.15) is 5.82 Å². The molecule has 3 nitrogen and oxygen atoms in total. The molecule has 0 bridgehead atoms. The fraction of sp³-hybridized carbons (Fsp3) is 0.588. The summed E-state index contributed by atoms with van der Waals surface area (Å²) >= 11 is 0. The smallest absolute Gasteiger partial charge is 0.253 e. The number of hydrogen-bond donors (Lipinski definition) is 0. The maximum Gasteiger partial charge on any atom is 0.253 e. The number of benzene rings is 1. The molecule has 0 N–H and O–H groups in total. The number of nitrogens with zero attached hydrogens (tertiary/aromatic N) is 2. The second kappa shape index (κ2) is 5.76. The fourth-order valence-electron chi connectivity index (χ4n) is 3.58. The molecule has 1 amide bonds. The van der Waals surface area contributed by atoms with E-state index in [0.29, 0.717) is 11.0 Å². The van der Waals surface area contributed by atoms with Crippen LogP contribution in [-0.2, 0) is 0 Å². The number of halogens is 1. The minimum atomic E-state index is -0.343. The standard InChI is InChI=1S/C17H23FN2O/c1-19-9-5-17(6-10-19)7-11-20(12-8-17)16(21)14-3-2-4-15(18)13-14/h2-4,13H,5-12H2,1H3. The van der Waals surface area contributed by atoms with E-state index in [1.165, 1.54) is 25.0 Å². The van der Waals surface area contributed by atoms with Gasteiger partial charge in [0.05, 0.1) is 0 Å². The molecule has 1 spiro atoms. The zero-order valence-electron chi connectivity index (χ0n) is 12.6. The molecule has 2 aliphatic rings. The summed E-state index contributed by atoms with van der Waals surface area (Å²) in [6.07, 6.45) is 4.65. The van der Waals surface area contributed by atoms with E-state index in [0.717, 1.165) is 39.0 Å². The fourth-order valence-corrected chi connectivity index (χ4v) is 3.58. The Bertz CT molecular complexity index is 513. The van der Waals surface area contributed by atoms with Crippen LogP contribution in [-0.4, -0.2) is 48.9 Å². The summed E-state index contributed by atoms with van der Waals surface area (Å²) in [5, 5.41) is 0. The molecule has 2 aliphatic heterocycles. The van der Waals surface area contributed by atoms with Crippen LogP contribution in [0.2, 0.25) is 0 Å². The number of piperidine rings is 2. The number of rotatable bonds is 1. The molecule has 4 heteroatoms. The SMILES string of the molecule is CN1CCC2(CC1)CCN(C(=O)c1cccc(F)c1)CC2.